The summed E-state index contributed by atoms with van der Waals surface area (Å²) < 4.78 is 41.3. The Morgan fingerprint density at radius 1 is 1.40 bits per heavy atom. The first-order valence-electron chi connectivity index (χ1n) is 5.92. The molecule has 2 aromatic rings. The molecular weight excluding hydrogens is 283 g/mol. The summed E-state index contributed by atoms with van der Waals surface area (Å²) in [5.41, 5.74) is 6.13. The maximum Gasteiger partial charge on any atom is 0.240 e. The van der Waals surface area contributed by atoms with Gasteiger partial charge in [0.1, 0.15) is 5.82 Å². The number of nitrogens with two attached hydrogens (primary N) is 1. The van der Waals surface area contributed by atoms with Crippen LogP contribution >= 0.6 is 0 Å². The number of halogens is 1. The maximum atomic E-state index is 13.3. The van der Waals surface area contributed by atoms with E-state index in [1.54, 1.807) is 24.0 Å². The lowest BCUT2D eigenvalue weighted by Crippen LogP contribution is -2.26. The van der Waals surface area contributed by atoms with Crippen molar-refractivity contribution in [3.8, 4) is 0 Å². The molecular formula is C12H15FN4O2S. The van der Waals surface area contributed by atoms with Crippen molar-refractivity contribution < 1.29 is 12.8 Å². The molecule has 0 saturated carbocycles. The zero-order chi connectivity index (χ0) is 14.8. The van der Waals surface area contributed by atoms with E-state index in [0.717, 1.165) is 11.8 Å². The molecule has 1 heterocycles. The van der Waals surface area contributed by atoms with E-state index in [1.165, 1.54) is 12.1 Å². The van der Waals surface area contributed by atoms with E-state index in [0.29, 0.717) is 6.42 Å². The zero-order valence-electron chi connectivity index (χ0n) is 10.9. The predicted molar refractivity (Wildman–Crippen MR) is 72.9 cm³/mol. The Labute approximate surface area is 116 Å². The first-order chi connectivity index (χ1) is 9.40. The normalized spacial score (nSPS) is 11.7. The summed E-state index contributed by atoms with van der Waals surface area (Å²) in [6, 6.07) is 5.20. The standard InChI is InChI=1S/C12H15FN4O2S/c1-17-9(4-6-15-17)5-7-16-20(18,19)10-2-3-12(14)11(13)8-10/h2-4,6,8,16H,5,7,14H2,1H3. The number of nitrogen functional groups attached to an aromatic ring is 1. The minimum atomic E-state index is -3.74. The highest BCUT2D eigenvalue weighted by Gasteiger charge is 2.15. The molecule has 0 radical (unpaired) electrons. The first-order valence-corrected chi connectivity index (χ1v) is 7.40. The largest absolute Gasteiger partial charge is 0.396 e. The van der Waals surface area contributed by atoms with Crippen LogP contribution in [0.2, 0.25) is 0 Å². The van der Waals surface area contributed by atoms with Gasteiger partial charge in [-0.05, 0) is 24.3 Å². The van der Waals surface area contributed by atoms with E-state index in [2.05, 4.69) is 9.82 Å². The molecule has 2 rings (SSSR count). The number of hydrogen-bond donors (Lipinski definition) is 2. The molecule has 0 spiro atoms. The summed E-state index contributed by atoms with van der Waals surface area (Å²) in [4.78, 5) is -0.144. The summed E-state index contributed by atoms with van der Waals surface area (Å²) >= 11 is 0. The molecule has 0 aliphatic carbocycles. The highest BCUT2D eigenvalue weighted by Crippen LogP contribution is 2.16. The van der Waals surface area contributed by atoms with Gasteiger partial charge in [-0.1, -0.05) is 0 Å². The molecule has 0 saturated heterocycles. The lowest BCUT2D eigenvalue weighted by Gasteiger charge is -2.07. The minimum absolute atomic E-state index is 0.0844. The molecule has 108 valence electrons. The Morgan fingerprint density at radius 3 is 2.75 bits per heavy atom. The van der Waals surface area contributed by atoms with Crippen LogP contribution in [-0.4, -0.2) is 24.7 Å². The summed E-state index contributed by atoms with van der Waals surface area (Å²) in [5, 5.41) is 3.99. The van der Waals surface area contributed by atoms with Crippen molar-refractivity contribution in [1.29, 1.82) is 0 Å². The number of rotatable bonds is 5. The van der Waals surface area contributed by atoms with Crippen molar-refractivity contribution in [2.45, 2.75) is 11.3 Å². The molecule has 8 heteroatoms. The number of hydrogen-bond acceptors (Lipinski definition) is 4. The number of aryl methyl sites for hydroxylation is 1. The van der Waals surface area contributed by atoms with Crippen LogP contribution in [-0.2, 0) is 23.5 Å². The molecule has 0 amide bonds. The molecule has 20 heavy (non-hydrogen) atoms. The highest BCUT2D eigenvalue weighted by atomic mass is 32.2. The van der Waals surface area contributed by atoms with E-state index < -0.39 is 15.8 Å². The summed E-state index contributed by atoms with van der Waals surface area (Å²) in [5.74, 6) is -0.750. The fourth-order valence-electron chi connectivity index (χ4n) is 1.72. The van der Waals surface area contributed by atoms with Crippen LogP contribution in [0.15, 0.2) is 35.4 Å². The minimum Gasteiger partial charge on any atom is -0.396 e. The summed E-state index contributed by atoms with van der Waals surface area (Å²) in [6.07, 6.45) is 2.13. The molecule has 0 atom stereocenters. The van der Waals surface area contributed by atoms with Gasteiger partial charge in [0.2, 0.25) is 10.0 Å². The number of nitrogens with one attached hydrogen (secondary N) is 1. The lowest BCUT2D eigenvalue weighted by molar-refractivity contribution is 0.576. The Balaban J connectivity index is 2.04. The molecule has 6 nitrogen and oxygen atoms in total. The summed E-state index contributed by atoms with van der Waals surface area (Å²) in [6.45, 7) is 0.202. The number of nitrogens with zero attached hydrogens (tertiary/aromatic N) is 2. The molecule has 0 aliphatic rings. The van der Waals surface area contributed by atoms with E-state index in [1.807, 2.05) is 0 Å². The quantitative estimate of drug-likeness (QED) is 0.794. The topological polar surface area (TPSA) is 90.0 Å². The smallest absolute Gasteiger partial charge is 0.240 e. The van der Waals surface area contributed by atoms with Crippen LogP contribution in [0, 0.1) is 5.82 Å². The van der Waals surface area contributed by atoms with Crippen molar-refractivity contribution in [2.24, 2.45) is 7.05 Å². The molecule has 0 unspecified atom stereocenters. The molecule has 0 aliphatic heterocycles. The van der Waals surface area contributed by atoms with Gasteiger partial charge >= 0.3 is 0 Å². The Morgan fingerprint density at radius 2 is 2.15 bits per heavy atom. The van der Waals surface area contributed by atoms with E-state index >= 15 is 0 Å². The van der Waals surface area contributed by atoms with Crippen LogP contribution in [0.1, 0.15) is 5.69 Å². The van der Waals surface area contributed by atoms with Crippen LogP contribution in [0.4, 0.5) is 10.1 Å². The lowest BCUT2D eigenvalue weighted by atomic mass is 10.3. The Kier molecular flexibility index (Phi) is 4.05. The summed E-state index contributed by atoms with van der Waals surface area (Å²) in [7, 11) is -1.96. The van der Waals surface area contributed by atoms with Gasteiger partial charge in [0.15, 0.2) is 0 Å². The third-order valence-corrected chi connectivity index (χ3v) is 4.34. The second-order valence-corrected chi connectivity index (χ2v) is 6.04. The van der Waals surface area contributed by atoms with E-state index in [9.17, 15) is 12.8 Å². The average Bonchev–Trinajstić information content (AvgIpc) is 2.78. The van der Waals surface area contributed by atoms with Gasteiger partial charge in [-0.25, -0.2) is 17.5 Å². The first kappa shape index (κ1) is 14.5. The van der Waals surface area contributed by atoms with Crippen molar-refractivity contribution in [2.75, 3.05) is 12.3 Å². The van der Waals surface area contributed by atoms with Gasteiger partial charge < -0.3 is 5.73 Å². The average molecular weight is 298 g/mol. The predicted octanol–water partition coefficient (Wildman–Crippen LogP) is 0.662. The van der Waals surface area contributed by atoms with Gasteiger partial charge in [0.25, 0.3) is 0 Å². The van der Waals surface area contributed by atoms with Crippen LogP contribution in [0.5, 0.6) is 0 Å². The van der Waals surface area contributed by atoms with Crippen molar-refractivity contribution in [1.82, 2.24) is 14.5 Å². The molecule has 1 aromatic heterocycles. The second kappa shape index (κ2) is 5.59. The number of sulfonamides is 1. The maximum absolute atomic E-state index is 13.3. The Bertz CT molecular complexity index is 712. The number of aromatic nitrogens is 2. The second-order valence-electron chi connectivity index (χ2n) is 4.28. The van der Waals surface area contributed by atoms with Crippen molar-refractivity contribution in [3.05, 3.63) is 42.0 Å². The van der Waals surface area contributed by atoms with Gasteiger partial charge in [-0.15, -0.1) is 0 Å². The van der Waals surface area contributed by atoms with Gasteiger partial charge in [0.05, 0.1) is 10.6 Å². The van der Waals surface area contributed by atoms with Crippen molar-refractivity contribution >= 4 is 15.7 Å². The van der Waals surface area contributed by atoms with E-state index in [-0.39, 0.29) is 17.1 Å². The van der Waals surface area contributed by atoms with Crippen LogP contribution in [0.3, 0.4) is 0 Å². The molecule has 0 fully saturated rings. The number of anilines is 1. The Hall–Kier alpha value is -1.93. The zero-order valence-corrected chi connectivity index (χ0v) is 11.7. The fraction of sp³-hybridized carbons (Fsp3) is 0.250. The van der Waals surface area contributed by atoms with Gasteiger partial charge in [-0.2, -0.15) is 5.10 Å². The highest BCUT2D eigenvalue weighted by molar-refractivity contribution is 7.89. The van der Waals surface area contributed by atoms with Crippen LogP contribution in [0.25, 0.3) is 0 Å². The third-order valence-electron chi connectivity index (χ3n) is 2.88. The third kappa shape index (κ3) is 3.14. The van der Waals surface area contributed by atoms with Gasteiger partial charge in [0, 0.05) is 31.9 Å². The molecule has 3 N–H and O–H groups in total. The molecule has 0 bridgehead atoms. The number of benzene rings is 1. The monoisotopic (exact) mass is 298 g/mol. The fourth-order valence-corrected chi connectivity index (χ4v) is 2.76. The van der Waals surface area contributed by atoms with Crippen molar-refractivity contribution in [3.63, 3.8) is 0 Å². The SMILES string of the molecule is Cn1nccc1CCNS(=O)(=O)c1ccc(N)c(F)c1. The van der Waals surface area contributed by atoms with Gasteiger partial charge in [-0.3, -0.25) is 4.68 Å². The molecule has 1 aromatic carbocycles. The van der Waals surface area contributed by atoms with E-state index in [4.69, 9.17) is 5.73 Å². The van der Waals surface area contributed by atoms with Crippen LogP contribution < -0.4 is 10.5 Å².